The fourth-order valence-electron chi connectivity index (χ4n) is 2.24. The summed E-state index contributed by atoms with van der Waals surface area (Å²) in [5.74, 6) is 0.00344. The minimum atomic E-state index is 0.00344. The fraction of sp³-hybridized carbons (Fsp3) is 0.471. The summed E-state index contributed by atoms with van der Waals surface area (Å²) in [5.41, 5.74) is 1.71. The molecule has 1 aromatic carbocycles. The van der Waals surface area contributed by atoms with Crippen molar-refractivity contribution in [3.8, 4) is 0 Å². The van der Waals surface area contributed by atoms with Gasteiger partial charge in [-0.15, -0.1) is 0 Å². The molecule has 0 aliphatic carbocycles. The summed E-state index contributed by atoms with van der Waals surface area (Å²) in [4.78, 5) is 17.5. The molecule has 1 heterocycles. The molecule has 2 aromatic rings. The Kier molecular flexibility index (Phi) is 5.39. The number of nitrogens with one attached hydrogen (secondary N) is 2. The topological polar surface area (TPSA) is 48.1 Å². The summed E-state index contributed by atoms with van der Waals surface area (Å²) in [5, 5.41) is 4.12. The van der Waals surface area contributed by atoms with E-state index in [1.54, 1.807) is 0 Å². The standard InChI is InChI=1S/C17H25N3O/c1-13(2)20(3)11-5-4-9-19-17(21)15-7-6-14-8-10-18-16(14)12-15/h6-8,10,12-13,18H,4-5,9,11H2,1-3H3,(H,19,21). The molecule has 0 unspecified atom stereocenters. The van der Waals surface area contributed by atoms with Gasteiger partial charge < -0.3 is 15.2 Å². The van der Waals surface area contributed by atoms with Crippen molar-refractivity contribution >= 4 is 16.8 Å². The van der Waals surface area contributed by atoms with Gasteiger partial charge in [-0.25, -0.2) is 0 Å². The van der Waals surface area contributed by atoms with E-state index in [0.29, 0.717) is 11.6 Å². The van der Waals surface area contributed by atoms with Gasteiger partial charge in [0.05, 0.1) is 0 Å². The van der Waals surface area contributed by atoms with Gasteiger partial charge in [0, 0.05) is 29.9 Å². The highest BCUT2D eigenvalue weighted by molar-refractivity contribution is 5.97. The van der Waals surface area contributed by atoms with E-state index in [9.17, 15) is 4.79 Å². The van der Waals surface area contributed by atoms with Crippen molar-refractivity contribution in [2.24, 2.45) is 0 Å². The molecule has 2 rings (SSSR count). The Bertz CT molecular complexity index is 588. The van der Waals surface area contributed by atoms with Crippen LogP contribution in [-0.2, 0) is 0 Å². The highest BCUT2D eigenvalue weighted by Crippen LogP contribution is 2.14. The molecule has 0 fully saturated rings. The Balaban J connectivity index is 1.74. The second-order valence-corrected chi connectivity index (χ2v) is 5.82. The zero-order valence-electron chi connectivity index (χ0n) is 13.1. The first-order valence-electron chi connectivity index (χ1n) is 7.63. The molecule has 0 spiro atoms. The molecular weight excluding hydrogens is 262 g/mol. The number of fused-ring (bicyclic) bond motifs is 1. The van der Waals surface area contributed by atoms with Crippen molar-refractivity contribution < 1.29 is 4.79 Å². The lowest BCUT2D eigenvalue weighted by Crippen LogP contribution is -2.29. The molecule has 1 aromatic heterocycles. The van der Waals surface area contributed by atoms with E-state index >= 15 is 0 Å². The van der Waals surface area contributed by atoms with Gasteiger partial charge in [0.25, 0.3) is 5.91 Å². The van der Waals surface area contributed by atoms with Gasteiger partial charge in [-0.3, -0.25) is 4.79 Å². The Morgan fingerprint density at radius 3 is 2.86 bits per heavy atom. The van der Waals surface area contributed by atoms with Crippen molar-refractivity contribution in [2.45, 2.75) is 32.7 Å². The molecule has 1 amide bonds. The molecule has 114 valence electrons. The third kappa shape index (κ3) is 4.33. The maximum Gasteiger partial charge on any atom is 0.251 e. The molecule has 0 atom stereocenters. The number of unbranched alkanes of at least 4 members (excludes halogenated alkanes) is 1. The molecule has 0 aliphatic heterocycles. The smallest absolute Gasteiger partial charge is 0.251 e. The number of H-pyrrole nitrogens is 1. The van der Waals surface area contributed by atoms with Gasteiger partial charge in [-0.2, -0.15) is 0 Å². The number of nitrogens with zero attached hydrogens (tertiary/aromatic N) is 1. The van der Waals surface area contributed by atoms with Crippen LogP contribution in [0.2, 0.25) is 0 Å². The molecule has 0 aliphatic rings. The summed E-state index contributed by atoms with van der Waals surface area (Å²) in [6.07, 6.45) is 4.00. The van der Waals surface area contributed by atoms with E-state index < -0.39 is 0 Å². The molecule has 21 heavy (non-hydrogen) atoms. The highest BCUT2D eigenvalue weighted by atomic mass is 16.1. The average Bonchev–Trinajstić information content (AvgIpc) is 2.93. The highest BCUT2D eigenvalue weighted by Gasteiger charge is 2.06. The molecule has 2 N–H and O–H groups in total. The van der Waals surface area contributed by atoms with Crippen LogP contribution in [0.5, 0.6) is 0 Å². The van der Waals surface area contributed by atoms with Gasteiger partial charge in [-0.05, 0) is 63.9 Å². The fourth-order valence-corrected chi connectivity index (χ4v) is 2.24. The summed E-state index contributed by atoms with van der Waals surface area (Å²) < 4.78 is 0. The van der Waals surface area contributed by atoms with Crippen molar-refractivity contribution in [3.63, 3.8) is 0 Å². The maximum absolute atomic E-state index is 12.1. The lowest BCUT2D eigenvalue weighted by molar-refractivity contribution is 0.0952. The van der Waals surface area contributed by atoms with Crippen LogP contribution in [0.3, 0.4) is 0 Å². The van der Waals surface area contributed by atoms with Crippen LogP contribution in [0.25, 0.3) is 10.9 Å². The average molecular weight is 287 g/mol. The van der Waals surface area contributed by atoms with Gasteiger partial charge >= 0.3 is 0 Å². The summed E-state index contributed by atoms with van der Waals surface area (Å²) in [7, 11) is 2.13. The number of amides is 1. The van der Waals surface area contributed by atoms with E-state index in [1.165, 1.54) is 0 Å². The van der Waals surface area contributed by atoms with Gasteiger partial charge in [-0.1, -0.05) is 6.07 Å². The van der Waals surface area contributed by atoms with Crippen LogP contribution in [0.1, 0.15) is 37.0 Å². The molecule has 0 bridgehead atoms. The normalized spacial score (nSPS) is 11.5. The number of rotatable bonds is 7. The number of carbonyl (C=O) groups is 1. The van der Waals surface area contributed by atoms with Gasteiger partial charge in [0.1, 0.15) is 0 Å². The van der Waals surface area contributed by atoms with Crippen LogP contribution in [-0.4, -0.2) is 42.0 Å². The van der Waals surface area contributed by atoms with E-state index in [-0.39, 0.29) is 5.91 Å². The summed E-state index contributed by atoms with van der Waals surface area (Å²) in [6, 6.07) is 8.32. The predicted octanol–water partition coefficient (Wildman–Crippen LogP) is 3.02. The molecule has 0 saturated carbocycles. The number of benzene rings is 1. The minimum absolute atomic E-state index is 0.00344. The van der Waals surface area contributed by atoms with Crippen molar-refractivity contribution in [2.75, 3.05) is 20.1 Å². The second kappa shape index (κ2) is 7.27. The third-order valence-corrected chi connectivity index (χ3v) is 3.92. The first-order valence-corrected chi connectivity index (χ1v) is 7.63. The Hall–Kier alpha value is -1.81. The van der Waals surface area contributed by atoms with Crippen molar-refractivity contribution in [3.05, 3.63) is 36.0 Å². The van der Waals surface area contributed by atoms with Crippen LogP contribution < -0.4 is 5.32 Å². The molecular formula is C17H25N3O. The lowest BCUT2D eigenvalue weighted by atomic mass is 10.1. The van der Waals surface area contributed by atoms with Crippen molar-refractivity contribution in [1.82, 2.24) is 15.2 Å². The van der Waals surface area contributed by atoms with Crippen LogP contribution >= 0.6 is 0 Å². The van der Waals surface area contributed by atoms with Gasteiger partial charge in [0.2, 0.25) is 0 Å². The molecule has 4 heteroatoms. The van der Waals surface area contributed by atoms with Crippen LogP contribution in [0, 0.1) is 0 Å². The molecule has 0 saturated heterocycles. The summed E-state index contributed by atoms with van der Waals surface area (Å²) >= 11 is 0. The number of carbonyl (C=O) groups excluding carboxylic acids is 1. The zero-order chi connectivity index (χ0) is 15.2. The Morgan fingerprint density at radius 2 is 2.10 bits per heavy atom. The molecule has 4 nitrogen and oxygen atoms in total. The maximum atomic E-state index is 12.1. The predicted molar refractivity (Wildman–Crippen MR) is 87.6 cm³/mol. The first kappa shape index (κ1) is 15.6. The monoisotopic (exact) mass is 287 g/mol. The third-order valence-electron chi connectivity index (χ3n) is 3.92. The Morgan fingerprint density at radius 1 is 1.29 bits per heavy atom. The number of aromatic amines is 1. The van der Waals surface area contributed by atoms with E-state index in [1.807, 2.05) is 30.5 Å². The Labute approximate surface area is 126 Å². The number of aromatic nitrogens is 1. The van der Waals surface area contributed by atoms with E-state index in [0.717, 1.165) is 36.8 Å². The second-order valence-electron chi connectivity index (χ2n) is 5.82. The zero-order valence-corrected chi connectivity index (χ0v) is 13.1. The van der Waals surface area contributed by atoms with E-state index in [4.69, 9.17) is 0 Å². The molecule has 0 radical (unpaired) electrons. The number of hydrogen-bond acceptors (Lipinski definition) is 2. The minimum Gasteiger partial charge on any atom is -0.361 e. The van der Waals surface area contributed by atoms with Crippen molar-refractivity contribution in [1.29, 1.82) is 0 Å². The lowest BCUT2D eigenvalue weighted by Gasteiger charge is -2.20. The number of hydrogen-bond donors (Lipinski definition) is 2. The van der Waals surface area contributed by atoms with Crippen LogP contribution in [0.15, 0.2) is 30.5 Å². The van der Waals surface area contributed by atoms with E-state index in [2.05, 4.69) is 36.1 Å². The van der Waals surface area contributed by atoms with Crippen LogP contribution in [0.4, 0.5) is 0 Å². The first-order chi connectivity index (χ1) is 10.1. The largest absolute Gasteiger partial charge is 0.361 e. The van der Waals surface area contributed by atoms with Gasteiger partial charge in [0.15, 0.2) is 0 Å². The SMILES string of the molecule is CC(C)N(C)CCCCNC(=O)c1ccc2cc[nH]c2c1. The summed E-state index contributed by atoms with van der Waals surface area (Å²) in [6.45, 7) is 6.19. The quantitative estimate of drug-likeness (QED) is 0.769.